The molecule has 138 valence electrons. The highest BCUT2D eigenvalue weighted by atomic mass is 32.2. The summed E-state index contributed by atoms with van der Waals surface area (Å²) in [4.78, 5) is 28.8. The molecule has 0 saturated carbocycles. The number of nitrogens with zero attached hydrogens (tertiary/aromatic N) is 3. The van der Waals surface area contributed by atoms with Crippen LogP contribution in [0.15, 0.2) is 38.8 Å². The van der Waals surface area contributed by atoms with Crippen molar-refractivity contribution in [2.45, 2.75) is 12.6 Å². The fraction of sp³-hybridized carbons (Fsp3) is 0.312. The highest BCUT2D eigenvalue weighted by molar-refractivity contribution is 7.95. The van der Waals surface area contributed by atoms with Crippen molar-refractivity contribution in [1.29, 1.82) is 0 Å². The van der Waals surface area contributed by atoms with E-state index in [4.69, 9.17) is 4.18 Å². The molecule has 1 aromatic carbocycles. The van der Waals surface area contributed by atoms with E-state index in [1.807, 2.05) is 0 Å². The van der Waals surface area contributed by atoms with Crippen molar-refractivity contribution in [1.82, 2.24) is 9.13 Å². The minimum absolute atomic E-state index is 0.153. The van der Waals surface area contributed by atoms with Crippen LogP contribution in [-0.2, 0) is 13.2 Å². The number of aliphatic imine (C=N–C) groups is 1. The zero-order valence-corrected chi connectivity index (χ0v) is 14.6. The zero-order chi connectivity index (χ0) is 19.1. The quantitative estimate of drug-likeness (QED) is 0.707. The molecule has 2 heterocycles. The third-order valence-corrected chi connectivity index (χ3v) is 4.65. The molecule has 10 heteroatoms. The van der Waals surface area contributed by atoms with Crippen LogP contribution in [0.1, 0.15) is 17.7 Å². The second-order valence-corrected chi connectivity index (χ2v) is 6.36. The van der Waals surface area contributed by atoms with E-state index in [0.717, 1.165) is 12.8 Å². The van der Waals surface area contributed by atoms with Crippen LogP contribution >= 0.6 is 12.0 Å². The number of fused-ring (bicyclic) bond motifs is 1. The van der Waals surface area contributed by atoms with Crippen LogP contribution in [0.4, 0.5) is 13.2 Å². The summed E-state index contributed by atoms with van der Waals surface area (Å²) < 4.78 is 45.5. The molecule has 0 saturated heterocycles. The van der Waals surface area contributed by atoms with Gasteiger partial charge in [-0.25, -0.2) is 9.36 Å². The van der Waals surface area contributed by atoms with Crippen molar-refractivity contribution in [2.75, 3.05) is 12.8 Å². The fourth-order valence-corrected chi connectivity index (χ4v) is 3.33. The number of benzene rings is 1. The van der Waals surface area contributed by atoms with Gasteiger partial charge < -0.3 is 4.18 Å². The smallest absolute Gasteiger partial charge is 0.425 e. The van der Waals surface area contributed by atoms with Crippen LogP contribution in [0.25, 0.3) is 5.69 Å². The van der Waals surface area contributed by atoms with Gasteiger partial charge >= 0.3 is 11.9 Å². The van der Waals surface area contributed by atoms with E-state index in [-0.39, 0.29) is 5.69 Å². The Kier molecular flexibility index (Phi) is 4.70. The molecule has 1 aromatic heterocycles. The molecular weight excluding hydrogens is 371 g/mol. The number of hydrogen-bond acceptors (Lipinski definition) is 5. The van der Waals surface area contributed by atoms with Crippen LogP contribution in [0.3, 0.4) is 0 Å². The lowest BCUT2D eigenvalue weighted by molar-refractivity contribution is -0.144. The average Bonchev–Trinajstić information content (AvgIpc) is 2.78. The topological polar surface area (TPSA) is 65.6 Å². The van der Waals surface area contributed by atoms with E-state index in [1.54, 1.807) is 13.1 Å². The summed E-state index contributed by atoms with van der Waals surface area (Å²) in [7, 11) is 2.59. The van der Waals surface area contributed by atoms with Gasteiger partial charge in [-0.2, -0.15) is 13.2 Å². The van der Waals surface area contributed by atoms with Crippen LogP contribution in [0, 0.1) is 0 Å². The summed E-state index contributed by atoms with van der Waals surface area (Å²) in [5, 5.41) is 0. The lowest BCUT2D eigenvalue weighted by Crippen LogP contribution is -2.40. The van der Waals surface area contributed by atoms with E-state index in [2.05, 4.69) is 4.99 Å². The number of hydrogen-bond donors (Lipinski definition) is 0. The van der Waals surface area contributed by atoms with Crippen molar-refractivity contribution in [3.63, 3.8) is 0 Å². The Hall–Kier alpha value is -2.49. The summed E-state index contributed by atoms with van der Waals surface area (Å²) in [5.74, 6) is 1.20. The molecule has 0 atom stereocenters. The first kappa shape index (κ1) is 18.3. The molecule has 0 spiro atoms. The Bertz CT molecular complexity index is 1010. The van der Waals surface area contributed by atoms with Gasteiger partial charge in [0.2, 0.25) is 0 Å². The minimum Gasteiger partial charge on any atom is -0.425 e. The molecule has 0 fully saturated rings. The molecule has 6 nitrogen and oxygen atoms in total. The van der Waals surface area contributed by atoms with Crippen LogP contribution < -0.4 is 15.4 Å². The SMILES string of the molecule is CN=C1CCSOc2ccc(-n3c(=O)cc(C(F)(F)F)n(C)c3=O)cc21. The first-order chi connectivity index (χ1) is 12.2. The third-order valence-electron chi connectivity index (χ3n) is 3.98. The predicted molar refractivity (Wildman–Crippen MR) is 92.4 cm³/mol. The first-order valence-electron chi connectivity index (χ1n) is 7.54. The number of alkyl halides is 3. The Morgan fingerprint density at radius 1 is 1.23 bits per heavy atom. The molecule has 26 heavy (non-hydrogen) atoms. The van der Waals surface area contributed by atoms with Gasteiger partial charge in [-0.3, -0.25) is 14.4 Å². The molecule has 0 bridgehead atoms. The number of halogens is 3. The molecule has 0 radical (unpaired) electrons. The third kappa shape index (κ3) is 3.16. The summed E-state index contributed by atoms with van der Waals surface area (Å²) in [6.07, 6.45) is -4.18. The van der Waals surface area contributed by atoms with Gasteiger partial charge in [-0.05, 0) is 18.2 Å². The molecule has 2 aromatic rings. The van der Waals surface area contributed by atoms with Gasteiger partial charge in [-0.1, -0.05) is 0 Å². The molecule has 0 amide bonds. The molecule has 1 aliphatic rings. The summed E-state index contributed by atoms with van der Waals surface area (Å²) >= 11 is 1.25. The fourth-order valence-electron chi connectivity index (χ4n) is 2.70. The number of rotatable bonds is 1. The van der Waals surface area contributed by atoms with Crippen LogP contribution in [0.5, 0.6) is 5.75 Å². The van der Waals surface area contributed by atoms with Gasteiger partial charge in [0, 0.05) is 43.6 Å². The molecule has 0 aliphatic carbocycles. The average molecular weight is 385 g/mol. The summed E-state index contributed by atoms with van der Waals surface area (Å²) in [5.41, 5.74) is -1.95. The Morgan fingerprint density at radius 3 is 2.62 bits per heavy atom. The second kappa shape index (κ2) is 6.67. The van der Waals surface area contributed by atoms with Crippen LogP contribution in [-0.4, -0.2) is 27.6 Å². The molecule has 0 N–H and O–H groups in total. The maximum atomic E-state index is 13.0. The Morgan fingerprint density at radius 2 is 1.96 bits per heavy atom. The molecule has 0 unspecified atom stereocenters. The van der Waals surface area contributed by atoms with Gasteiger partial charge in [-0.15, -0.1) is 0 Å². The maximum Gasteiger partial charge on any atom is 0.431 e. The minimum atomic E-state index is -4.80. The predicted octanol–water partition coefficient (Wildman–Crippen LogP) is 2.40. The van der Waals surface area contributed by atoms with E-state index in [0.29, 0.717) is 38.7 Å². The zero-order valence-electron chi connectivity index (χ0n) is 13.8. The monoisotopic (exact) mass is 385 g/mol. The van der Waals surface area contributed by atoms with E-state index >= 15 is 0 Å². The molecule has 1 aliphatic heterocycles. The van der Waals surface area contributed by atoms with Crippen LogP contribution in [0.2, 0.25) is 0 Å². The standard InChI is InChI=1S/C16H14F3N3O3S/c1-20-11-5-6-26-25-12-4-3-9(7-10(11)12)22-14(23)8-13(16(17,18)19)21(2)15(22)24/h3-4,7-8H,5-6H2,1-2H3. The van der Waals surface area contributed by atoms with Gasteiger partial charge in [0.25, 0.3) is 5.56 Å². The lowest BCUT2D eigenvalue weighted by atomic mass is 10.1. The highest BCUT2D eigenvalue weighted by Crippen LogP contribution is 2.30. The second-order valence-electron chi connectivity index (χ2n) is 5.55. The van der Waals surface area contributed by atoms with Crippen molar-refractivity contribution in [2.24, 2.45) is 12.0 Å². The van der Waals surface area contributed by atoms with Crippen molar-refractivity contribution < 1.29 is 17.4 Å². The van der Waals surface area contributed by atoms with Crippen molar-refractivity contribution in [3.8, 4) is 11.4 Å². The Labute approximate surface area is 150 Å². The number of aromatic nitrogens is 2. The van der Waals surface area contributed by atoms with Crippen molar-refractivity contribution >= 4 is 17.8 Å². The van der Waals surface area contributed by atoms with E-state index in [9.17, 15) is 22.8 Å². The highest BCUT2D eigenvalue weighted by Gasteiger charge is 2.35. The largest absolute Gasteiger partial charge is 0.431 e. The van der Waals surface area contributed by atoms with Gasteiger partial charge in [0.15, 0.2) is 0 Å². The van der Waals surface area contributed by atoms with E-state index in [1.165, 1.54) is 24.2 Å². The lowest BCUT2D eigenvalue weighted by Gasteiger charge is -2.15. The normalized spacial score (nSPS) is 16.1. The van der Waals surface area contributed by atoms with E-state index < -0.39 is 23.1 Å². The molecule has 3 rings (SSSR count). The summed E-state index contributed by atoms with van der Waals surface area (Å²) in [6, 6.07) is 4.96. The summed E-state index contributed by atoms with van der Waals surface area (Å²) in [6.45, 7) is 0. The Balaban J connectivity index is 2.23. The van der Waals surface area contributed by atoms with Gasteiger partial charge in [0.05, 0.1) is 17.7 Å². The molecular formula is C16H14F3N3O3S. The van der Waals surface area contributed by atoms with Gasteiger partial charge in [0.1, 0.15) is 11.4 Å². The first-order valence-corrected chi connectivity index (χ1v) is 8.45. The maximum absolute atomic E-state index is 13.0. The van der Waals surface area contributed by atoms with Crippen molar-refractivity contribution in [3.05, 3.63) is 56.4 Å².